The summed E-state index contributed by atoms with van der Waals surface area (Å²) in [5.74, 6) is -0.152. The molecule has 0 fully saturated rings. The number of nitrogens with zero attached hydrogens (tertiary/aromatic N) is 3. The Balaban J connectivity index is 2.07. The van der Waals surface area contributed by atoms with Crippen molar-refractivity contribution < 1.29 is 4.79 Å². The van der Waals surface area contributed by atoms with Crippen molar-refractivity contribution in [2.45, 2.75) is 13.5 Å². The van der Waals surface area contributed by atoms with Crippen LogP contribution in [0.4, 0.5) is 5.69 Å². The molecule has 6 heteroatoms. The van der Waals surface area contributed by atoms with Crippen LogP contribution in [0.1, 0.15) is 21.6 Å². The minimum atomic E-state index is -0.152. The van der Waals surface area contributed by atoms with Gasteiger partial charge in [-0.1, -0.05) is 0 Å². The largest absolute Gasteiger partial charge is 0.387 e. The van der Waals surface area contributed by atoms with Gasteiger partial charge in [0.25, 0.3) is 5.91 Å². The molecule has 0 spiro atoms. The number of aryl methyl sites for hydroxylation is 2. The Hall–Kier alpha value is -2.37. The van der Waals surface area contributed by atoms with Crippen LogP contribution in [0.25, 0.3) is 0 Å². The second kappa shape index (κ2) is 5.51. The van der Waals surface area contributed by atoms with Crippen LogP contribution in [0.5, 0.6) is 0 Å². The summed E-state index contributed by atoms with van der Waals surface area (Å²) in [4.78, 5) is 16.1. The Kier molecular flexibility index (Phi) is 3.79. The molecule has 1 amide bonds. The van der Waals surface area contributed by atoms with Crippen molar-refractivity contribution in [3.05, 3.63) is 41.5 Å². The fraction of sp³-hybridized carbons (Fsp3) is 0.308. The predicted octanol–water partition coefficient (Wildman–Crippen LogP) is 1.10. The number of amides is 1. The van der Waals surface area contributed by atoms with Gasteiger partial charge in [-0.05, 0) is 13.0 Å². The first-order valence-corrected chi connectivity index (χ1v) is 6.01. The Morgan fingerprint density at radius 2 is 2.26 bits per heavy atom. The second-order valence-corrected chi connectivity index (χ2v) is 4.27. The van der Waals surface area contributed by atoms with Gasteiger partial charge in [0.15, 0.2) is 0 Å². The Morgan fingerprint density at radius 3 is 2.89 bits per heavy atom. The average molecular weight is 259 g/mol. The van der Waals surface area contributed by atoms with Crippen LogP contribution in [-0.2, 0) is 13.6 Å². The average Bonchev–Trinajstić information content (AvgIpc) is 2.74. The van der Waals surface area contributed by atoms with Gasteiger partial charge in [0, 0.05) is 50.5 Å². The zero-order chi connectivity index (χ0) is 13.8. The quantitative estimate of drug-likeness (QED) is 0.862. The second-order valence-electron chi connectivity index (χ2n) is 4.27. The number of aromatic nitrogens is 3. The van der Waals surface area contributed by atoms with Gasteiger partial charge < -0.3 is 10.6 Å². The van der Waals surface area contributed by atoms with Gasteiger partial charge in [-0.15, -0.1) is 0 Å². The molecule has 19 heavy (non-hydrogen) atoms. The van der Waals surface area contributed by atoms with Crippen LogP contribution in [-0.4, -0.2) is 27.7 Å². The summed E-state index contributed by atoms with van der Waals surface area (Å²) in [5.41, 5.74) is 3.22. The fourth-order valence-electron chi connectivity index (χ4n) is 1.89. The number of carbonyl (C=O) groups is 1. The minimum Gasteiger partial charge on any atom is -0.387 e. The van der Waals surface area contributed by atoms with Crippen molar-refractivity contribution >= 4 is 11.6 Å². The van der Waals surface area contributed by atoms with E-state index in [1.807, 2.05) is 20.2 Å². The number of hydrogen-bond acceptors (Lipinski definition) is 4. The monoisotopic (exact) mass is 259 g/mol. The van der Waals surface area contributed by atoms with E-state index in [1.165, 1.54) is 0 Å². The molecule has 0 aromatic carbocycles. The molecule has 2 heterocycles. The van der Waals surface area contributed by atoms with E-state index in [-0.39, 0.29) is 5.91 Å². The summed E-state index contributed by atoms with van der Waals surface area (Å²) in [6, 6.07) is 1.77. The summed E-state index contributed by atoms with van der Waals surface area (Å²) in [5, 5.41) is 10.1. The lowest BCUT2D eigenvalue weighted by Gasteiger charge is -2.08. The molecule has 0 saturated heterocycles. The van der Waals surface area contributed by atoms with Gasteiger partial charge in [-0.25, -0.2) is 0 Å². The lowest BCUT2D eigenvalue weighted by molar-refractivity contribution is 0.0951. The van der Waals surface area contributed by atoms with Gasteiger partial charge in [0.2, 0.25) is 0 Å². The third-order valence-corrected chi connectivity index (χ3v) is 2.89. The molecule has 0 aliphatic heterocycles. The van der Waals surface area contributed by atoms with Crippen molar-refractivity contribution in [3.63, 3.8) is 0 Å². The molecular weight excluding hydrogens is 242 g/mol. The zero-order valence-corrected chi connectivity index (χ0v) is 11.3. The first kappa shape index (κ1) is 13.1. The molecule has 6 nitrogen and oxygen atoms in total. The summed E-state index contributed by atoms with van der Waals surface area (Å²) in [7, 11) is 3.63. The molecule has 0 radical (unpaired) electrons. The van der Waals surface area contributed by atoms with Crippen LogP contribution in [0.15, 0.2) is 24.7 Å². The summed E-state index contributed by atoms with van der Waals surface area (Å²) >= 11 is 0. The SMILES string of the molecule is CNc1ccncc1C(=O)NCc1cn(C)nc1C. The lowest BCUT2D eigenvalue weighted by atomic mass is 10.2. The maximum absolute atomic E-state index is 12.1. The maximum Gasteiger partial charge on any atom is 0.255 e. The normalized spacial score (nSPS) is 10.3. The third kappa shape index (κ3) is 2.90. The number of rotatable bonds is 4. The zero-order valence-electron chi connectivity index (χ0n) is 11.3. The standard InChI is InChI=1S/C13H17N5O/c1-9-10(8-18(3)17-9)6-16-13(19)11-7-15-5-4-12(11)14-2/h4-5,7-8H,6H2,1-3H3,(H,14,15)(H,16,19). The van der Waals surface area contributed by atoms with Crippen molar-refractivity contribution in [3.8, 4) is 0 Å². The molecule has 0 unspecified atom stereocenters. The van der Waals surface area contributed by atoms with Gasteiger partial charge in [0.1, 0.15) is 0 Å². The number of carbonyl (C=O) groups excluding carboxylic acids is 1. The smallest absolute Gasteiger partial charge is 0.255 e. The van der Waals surface area contributed by atoms with E-state index in [1.54, 1.807) is 30.2 Å². The molecule has 0 aliphatic carbocycles. The van der Waals surface area contributed by atoms with E-state index in [0.717, 1.165) is 16.9 Å². The molecule has 2 rings (SSSR count). The highest BCUT2D eigenvalue weighted by Crippen LogP contribution is 2.12. The molecule has 0 aliphatic rings. The fourth-order valence-corrected chi connectivity index (χ4v) is 1.89. The Labute approximate surface area is 111 Å². The van der Waals surface area contributed by atoms with Gasteiger partial charge in [0.05, 0.1) is 11.3 Å². The van der Waals surface area contributed by atoms with Crippen molar-refractivity contribution in [2.75, 3.05) is 12.4 Å². The molecule has 100 valence electrons. The van der Waals surface area contributed by atoms with E-state index in [2.05, 4.69) is 20.7 Å². The Bertz CT molecular complexity index is 590. The molecule has 0 saturated carbocycles. The highest BCUT2D eigenvalue weighted by Gasteiger charge is 2.11. The van der Waals surface area contributed by atoms with Crippen LogP contribution in [0.3, 0.4) is 0 Å². The summed E-state index contributed by atoms with van der Waals surface area (Å²) in [6.07, 6.45) is 5.10. The highest BCUT2D eigenvalue weighted by atomic mass is 16.1. The van der Waals surface area contributed by atoms with E-state index in [0.29, 0.717) is 12.1 Å². The van der Waals surface area contributed by atoms with Crippen LogP contribution < -0.4 is 10.6 Å². The molecule has 0 atom stereocenters. The van der Waals surface area contributed by atoms with Crippen molar-refractivity contribution in [1.82, 2.24) is 20.1 Å². The van der Waals surface area contributed by atoms with Crippen LogP contribution in [0.2, 0.25) is 0 Å². The van der Waals surface area contributed by atoms with Crippen molar-refractivity contribution in [1.29, 1.82) is 0 Å². The van der Waals surface area contributed by atoms with Crippen LogP contribution >= 0.6 is 0 Å². The molecule has 2 aromatic rings. The molecule has 2 aromatic heterocycles. The van der Waals surface area contributed by atoms with E-state index >= 15 is 0 Å². The van der Waals surface area contributed by atoms with Gasteiger partial charge in [-0.2, -0.15) is 5.10 Å². The van der Waals surface area contributed by atoms with E-state index in [9.17, 15) is 4.79 Å². The van der Waals surface area contributed by atoms with Gasteiger partial charge in [-0.3, -0.25) is 14.5 Å². The minimum absolute atomic E-state index is 0.152. The number of pyridine rings is 1. The number of anilines is 1. The molecule has 0 bridgehead atoms. The van der Waals surface area contributed by atoms with Crippen molar-refractivity contribution in [2.24, 2.45) is 7.05 Å². The molecule has 2 N–H and O–H groups in total. The highest BCUT2D eigenvalue weighted by molar-refractivity contribution is 5.99. The van der Waals surface area contributed by atoms with E-state index < -0.39 is 0 Å². The topological polar surface area (TPSA) is 71.8 Å². The van der Waals surface area contributed by atoms with Gasteiger partial charge >= 0.3 is 0 Å². The molecular formula is C13H17N5O. The number of nitrogens with one attached hydrogen (secondary N) is 2. The predicted molar refractivity (Wildman–Crippen MR) is 72.9 cm³/mol. The third-order valence-electron chi connectivity index (χ3n) is 2.89. The first-order chi connectivity index (χ1) is 9.11. The first-order valence-electron chi connectivity index (χ1n) is 6.01. The lowest BCUT2D eigenvalue weighted by Crippen LogP contribution is -2.24. The maximum atomic E-state index is 12.1. The number of hydrogen-bond donors (Lipinski definition) is 2. The summed E-state index contributed by atoms with van der Waals surface area (Å²) in [6.45, 7) is 2.38. The Morgan fingerprint density at radius 1 is 1.47 bits per heavy atom. The summed E-state index contributed by atoms with van der Waals surface area (Å²) < 4.78 is 1.74. The van der Waals surface area contributed by atoms with E-state index in [4.69, 9.17) is 0 Å². The van der Waals surface area contributed by atoms with Crippen LogP contribution in [0, 0.1) is 6.92 Å².